The van der Waals surface area contributed by atoms with Crippen LogP contribution in [0.15, 0.2) is 0 Å². The van der Waals surface area contributed by atoms with Gasteiger partial charge < -0.3 is 9.47 Å². The van der Waals surface area contributed by atoms with E-state index in [0.717, 1.165) is 19.3 Å². The van der Waals surface area contributed by atoms with Gasteiger partial charge in [0.25, 0.3) is 0 Å². The smallest absolute Gasteiger partial charge is 0.338 e. The highest BCUT2D eigenvalue weighted by atomic mass is 16.7. The summed E-state index contributed by atoms with van der Waals surface area (Å²) in [5.74, 6) is -0.213. The molecule has 0 aromatic heterocycles. The highest BCUT2D eigenvalue weighted by Crippen LogP contribution is 2.60. The van der Waals surface area contributed by atoms with Gasteiger partial charge in [-0.1, -0.05) is 13.8 Å². The van der Waals surface area contributed by atoms with E-state index in [1.54, 1.807) is 0 Å². The summed E-state index contributed by atoms with van der Waals surface area (Å²) in [4.78, 5) is 11.3. The van der Waals surface area contributed by atoms with Crippen molar-refractivity contribution >= 4 is 5.97 Å². The van der Waals surface area contributed by atoms with E-state index >= 15 is 0 Å². The van der Waals surface area contributed by atoms with Crippen molar-refractivity contribution in [2.24, 2.45) is 5.41 Å². The van der Waals surface area contributed by atoms with E-state index in [9.17, 15) is 4.79 Å². The van der Waals surface area contributed by atoms with Crippen molar-refractivity contribution in [2.45, 2.75) is 44.8 Å². The van der Waals surface area contributed by atoms with Gasteiger partial charge in [-0.25, -0.2) is 4.79 Å². The van der Waals surface area contributed by atoms with Crippen LogP contribution in [-0.4, -0.2) is 24.8 Å². The Kier molecular flexibility index (Phi) is 1.71. The summed E-state index contributed by atoms with van der Waals surface area (Å²) < 4.78 is 10.2. The van der Waals surface area contributed by atoms with Gasteiger partial charge in [0.05, 0.1) is 7.11 Å². The lowest BCUT2D eigenvalue weighted by Gasteiger charge is -2.23. The molecular formula is C10H16O3. The summed E-state index contributed by atoms with van der Waals surface area (Å²) in [6.07, 6.45) is 3.00. The predicted molar refractivity (Wildman–Crippen MR) is 47.3 cm³/mol. The molecule has 0 radical (unpaired) electrons. The lowest BCUT2D eigenvalue weighted by molar-refractivity contribution is -0.142. The maximum Gasteiger partial charge on any atom is 0.338 e. The summed E-state index contributed by atoms with van der Waals surface area (Å²) >= 11 is 0. The minimum atomic E-state index is -0.296. The molecule has 74 valence electrons. The standard InChI is InChI=1S/C10H16O3/c1-9(2)5-4-6-10(9)7(13-10)8(11)12-3/h7H,4-6H2,1-3H3. The van der Waals surface area contributed by atoms with Crippen LogP contribution in [0.1, 0.15) is 33.1 Å². The van der Waals surface area contributed by atoms with Crippen LogP contribution in [0, 0.1) is 5.41 Å². The van der Waals surface area contributed by atoms with E-state index in [0.29, 0.717) is 0 Å². The third-order valence-electron chi connectivity index (χ3n) is 3.61. The van der Waals surface area contributed by atoms with Crippen molar-refractivity contribution in [3.63, 3.8) is 0 Å². The Labute approximate surface area is 78.4 Å². The van der Waals surface area contributed by atoms with E-state index in [4.69, 9.17) is 9.47 Å². The summed E-state index contributed by atoms with van der Waals surface area (Å²) in [5, 5.41) is 0. The Hall–Kier alpha value is -0.570. The second-order valence-electron chi connectivity index (χ2n) is 4.65. The van der Waals surface area contributed by atoms with Crippen LogP contribution < -0.4 is 0 Å². The zero-order valence-electron chi connectivity index (χ0n) is 8.42. The molecule has 13 heavy (non-hydrogen) atoms. The van der Waals surface area contributed by atoms with E-state index < -0.39 is 0 Å². The molecule has 3 heteroatoms. The second kappa shape index (κ2) is 2.47. The molecule has 0 bridgehead atoms. The molecular weight excluding hydrogens is 168 g/mol. The molecule has 1 saturated heterocycles. The maximum absolute atomic E-state index is 11.3. The van der Waals surface area contributed by atoms with Gasteiger partial charge in [-0.2, -0.15) is 0 Å². The van der Waals surface area contributed by atoms with Crippen molar-refractivity contribution in [3.05, 3.63) is 0 Å². The summed E-state index contributed by atoms with van der Waals surface area (Å²) in [7, 11) is 1.42. The predicted octanol–water partition coefficient (Wildman–Crippen LogP) is 1.51. The fraction of sp³-hybridized carbons (Fsp3) is 0.900. The van der Waals surface area contributed by atoms with Crippen molar-refractivity contribution in [3.8, 4) is 0 Å². The quantitative estimate of drug-likeness (QED) is 0.458. The van der Waals surface area contributed by atoms with E-state index in [-0.39, 0.29) is 23.1 Å². The molecule has 1 aliphatic carbocycles. The first kappa shape index (κ1) is 9.00. The second-order valence-corrected chi connectivity index (χ2v) is 4.65. The number of hydrogen-bond donors (Lipinski definition) is 0. The summed E-state index contributed by atoms with van der Waals surface area (Å²) in [6, 6.07) is 0. The van der Waals surface area contributed by atoms with Gasteiger partial charge in [0.15, 0.2) is 6.10 Å². The van der Waals surface area contributed by atoms with E-state index in [1.165, 1.54) is 7.11 Å². The van der Waals surface area contributed by atoms with Gasteiger partial charge in [-0.15, -0.1) is 0 Å². The molecule has 0 aromatic rings. The monoisotopic (exact) mass is 184 g/mol. The summed E-state index contributed by atoms with van der Waals surface area (Å²) in [5.41, 5.74) is -0.0635. The van der Waals surface area contributed by atoms with Crippen molar-refractivity contribution < 1.29 is 14.3 Å². The van der Waals surface area contributed by atoms with Crippen LogP contribution in [0.3, 0.4) is 0 Å². The van der Waals surface area contributed by atoms with Crippen LogP contribution in [-0.2, 0) is 14.3 Å². The molecule has 2 atom stereocenters. The number of epoxide rings is 1. The molecule has 1 saturated carbocycles. The zero-order chi connectivity index (χ0) is 9.69. The SMILES string of the molecule is COC(=O)C1OC12CCCC2(C)C. The molecule has 2 unspecified atom stereocenters. The van der Waals surface area contributed by atoms with Crippen molar-refractivity contribution in [1.29, 1.82) is 0 Å². The highest BCUT2D eigenvalue weighted by Gasteiger charge is 2.70. The third kappa shape index (κ3) is 1.03. The Balaban J connectivity index is 2.14. The van der Waals surface area contributed by atoms with Crippen LogP contribution in [0.5, 0.6) is 0 Å². The normalized spacial score (nSPS) is 40.7. The lowest BCUT2D eigenvalue weighted by atomic mass is 9.79. The van der Waals surface area contributed by atoms with E-state index in [2.05, 4.69) is 13.8 Å². The number of ether oxygens (including phenoxy) is 2. The molecule has 1 spiro atoms. The fourth-order valence-corrected chi connectivity index (χ4v) is 2.57. The minimum Gasteiger partial charge on any atom is -0.467 e. The lowest BCUT2D eigenvalue weighted by Crippen LogP contribution is -2.32. The molecule has 2 aliphatic rings. The van der Waals surface area contributed by atoms with Crippen LogP contribution in [0.25, 0.3) is 0 Å². The van der Waals surface area contributed by atoms with Gasteiger partial charge >= 0.3 is 5.97 Å². The highest BCUT2D eigenvalue weighted by molar-refractivity contribution is 5.79. The molecule has 2 fully saturated rings. The molecule has 2 rings (SSSR count). The number of rotatable bonds is 1. The van der Waals surface area contributed by atoms with Crippen LogP contribution in [0.2, 0.25) is 0 Å². The van der Waals surface area contributed by atoms with E-state index in [1.807, 2.05) is 0 Å². The number of hydrogen-bond acceptors (Lipinski definition) is 3. The zero-order valence-corrected chi connectivity index (χ0v) is 8.42. The molecule has 1 heterocycles. The van der Waals surface area contributed by atoms with Gasteiger partial charge in [-0.3, -0.25) is 0 Å². The Morgan fingerprint density at radius 3 is 2.62 bits per heavy atom. The number of carbonyl (C=O) groups excluding carboxylic acids is 1. The average Bonchev–Trinajstić information content (AvgIpc) is 2.72. The molecule has 0 aromatic carbocycles. The minimum absolute atomic E-state index is 0.131. The van der Waals surface area contributed by atoms with Gasteiger partial charge in [0.1, 0.15) is 5.60 Å². The maximum atomic E-state index is 11.3. The first-order chi connectivity index (χ1) is 6.03. The first-order valence-electron chi connectivity index (χ1n) is 4.79. The number of esters is 1. The molecule has 0 N–H and O–H groups in total. The topological polar surface area (TPSA) is 38.8 Å². The van der Waals surface area contributed by atoms with Crippen molar-refractivity contribution in [2.75, 3.05) is 7.11 Å². The molecule has 0 amide bonds. The fourth-order valence-electron chi connectivity index (χ4n) is 2.57. The summed E-state index contributed by atoms with van der Waals surface area (Å²) in [6.45, 7) is 4.34. The van der Waals surface area contributed by atoms with Gasteiger partial charge in [0, 0.05) is 0 Å². The molecule has 1 aliphatic heterocycles. The Bertz CT molecular complexity index is 247. The van der Waals surface area contributed by atoms with Crippen LogP contribution in [0.4, 0.5) is 0 Å². The van der Waals surface area contributed by atoms with Gasteiger partial charge in [-0.05, 0) is 24.7 Å². The number of methoxy groups -OCH3 is 1. The average molecular weight is 184 g/mol. The largest absolute Gasteiger partial charge is 0.467 e. The van der Waals surface area contributed by atoms with Gasteiger partial charge in [0.2, 0.25) is 0 Å². The molecule has 3 nitrogen and oxygen atoms in total. The van der Waals surface area contributed by atoms with Crippen molar-refractivity contribution in [1.82, 2.24) is 0 Å². The Morgan fingerprint density at radius 1 is 1.46 bits per heavy atom. The third-order valence-corrected chi connectivity index (χ3v) is 3.61. The van der Waals surface area contributed by atoms with Crippen LogP contribution >= 0.6 is 0 Å². The Morgan fingerprint density at radius 2 is 2.15 bits per heavy atom. The number of carbonyl (C=O) groups is 1. The first-order valence-corrected chi connectivity index (χ1v) is 4.79.